The van der Waals surface area contributed by atoms with Crippen LogP contribution < -0.4 is 5.73 Å². The lowest BCUT2D eigenvalue weighted by molar-refractivity contribution is 0.236. The van der Waals surface area contributed by atoms with Gasteiger partial charge in [-0.15, -0.1) is 0 Å². The maximum atomic E-state index is 12.4. The van der Waals surface area contributed by atoms with E-state index in [0.29, 0.717) is 5.69 Å². The van der Waals surface area contributed by atoms with Gasteiger partial charge in [-0.1, -0.05) is 11.6 Å². The van der Waals surface area contributed by atoms with E-state index < -0.39 is 10.0 Å². The maximum Gasteiger partial charge on any atom is 0.244 e. The molecule has 3 N–H and O–H groups in total. The molecule has 0 atom stereocenters. The number of aliphatic hydroxyl groups excluding tert-OH is 1. The summed E-state index contributed by atoms with van der Waals surface area (Å²) in [5.41, 5.74) is 5.91. The van der Waals surface area contributed by atoms with E-state index in [-0.39, 0.29) is 29.1 Å². The Labute approximate surface area is 112 Å². The van der Waals surface area contributed by atoms with Crippen LogP contribution in [-0.4, -0.2) is 37.0 Å². The van der Waals surface area contributed by atoms with Crippen LogP contribution >= 0.6 is 11.6 Å². The van der Waals surface area contributed by atoms with E-state index in [4.69, 9.17) is 22.4 Å². The minimum Gasteiger partial charge on any atom is -0.399 e. The van der Waals surface area contributed by atoms with Gasteiger partial charge in [0.1, 0.15) is 4.90 Å². The molecule has 1 rings (SSSR count). The van der Waals surface area contributed by atoms with Crippen molar-refractivity contribution in [2.24, 2.45) is 0 Å². The standard InChI is InChI=1S/C11H17ClN2O3S/c1-8(2)14(5-6-15)18(16,17)11-7-9(13)3-4-10(11)12/h3-4,7-8,15H,5-6,13H2,1-2H3. The molecule has 0 radical (unpaired) electrons. The zero-order chi connectivity index (χ0) is 13.9. The molecule has 1 aromatic carbocycles. The Kier molecular flexibility index (Phi) is 4.98. The lowest BCUT2D eigenvalue weighted by atomic mass is 10.3. The Balaban J connectivity index is 3.30. The summed E-state index contributed by atoms with van der Waals surface area (Å²) < 4.78 is 26.0. The zero-order valence-electron chi connectivity index (χ0n) is 10.3. The second kappa shape index (κ2) is 5.88. The zero-order valence-corrected chi connectivity index (χ0v) is 11.9. The number of nitrogens with two attached hydrogens (primary N) is 1. The van der Waals surface area contributed by atoms with Gasteiger partial charge in [0.05, 0.1) is 11.6 Å². The predicted octanol–water partition coefficient (Wildman–Crippen LogP) is 1.31. The van der Waals surface area contributed by atoms with Gasteiger partial charge in [-0.25, -0.2) is 8.42 Å². The van der Waals surface area contributed by atoms with E-state index in [1.54, 1.807) is 13.8 Å². The lowest BCUT2D eigenvalue weighted by Gasteiger charge is -2.25. The summed E-state index contributed by atoms with van der Waals surface area (Å²) in [5.74, 6) is 0. The summed E-state index contributed by atoms with van der Waals surface area (Å²) in [5, 5.41) is 9.07. The molecule has 5 nitrogen and oxygen atoms in total. The number of anilines is 1. The fraction of sp³-hybridized carbons (Fsp3) is 0.455. The van der Waals surface area contributed by atoms with E-state index in [1.807, 2.05) is 0 Å². The molecule has 0 saturated heterocycles. The van der Waals surface area contributed by atoms with Crippen LogP contribution in [0.3, 0.4) is 0 Å². The Morgan fingerprint density at radius 3 is 2.56 bits per heavy atom. The summed E-state index contributed by atoms with van der Waals surface area (Å²) in [6, 6.07) is 4.03. The summed E-state index contributed by atoms with van der Waals surface area (Å²) in [6.07, 6.45) is 0. The molecule has 0 aliphatic heterocycles. The van der Waals surface area contributed by atoms with Gasteiger partial charge < -0.3 is 10.8 Å². The maximum absolute atomic E-state index is 12.4. The Bertz CT molecular complexity index is 517. The molecule has 0 aliphatic rings. The van der Waals surface area contributed by atoms with Crippen LogP contribution in [0, 0.1) is 0 Å². The first-order valence-corrected chi connectivity index (χ1v) is 7.30. The Hall–Kier alpha value is -0.820. The molecular formula is C11H17ClN2O3S. The summed E-state index contributed by atoms with van der Waals surface area (Å²) >= 11 is 5.91. The average Bonchev–Trinajstić information content (AvgIpc) is 2.28. The molecule has 0 spiro atoms. The van der Waals surface area contributed by atoms with Gasteiger partial charge in [-0.3, -0.25) is 0 Å². The van der Waals surface area contributed by atoms with Crippen LogP contribution in [-0.2, 0) is 10.0 Å². The van der Waals surface area contributed by atoms with Gasteiger partial charge in [0, 0.05) is 18.3 Å². The largest absolute Gasteiger partial charge is 0.399 e. The lowest BCUT2D eigenvalue weighted by Crippen LogP contribution is -2.39. The molecule has 102 valence electrons. The molecule has 0 aliphatic carbocycles. The molecule has 0 unspecified atom stereocenters. The fourth-order valence-electron chi connectivity index (χ4n) is 1.60. The van der Waals surface area contributed by atoms with Crippen molar-refractivity contribution in [2.45, 2.75) is 24.8 Å². The van der Waals surface area contributed by atoms with Crippen molar-refractivity contribution in [2.75, 3.05) is 18.9 Å². The topological polar surface area (TPSA) is 83.6 Å². The Morgan fingerprint density at radius 1 is 1.44 bits per heavy atom. The van der Waals surface area contributed by atoms with Gasteiger partial charge in [0.2, 0.25) is 10.0 Å². The number of halogens is 1. The quantitative estimate of drug-likeness (QED) is 0.802. The molecule has 18 heavy (non-hydrogen) atoms. The van der Waals surface area contributed by atoms with Gasteiger partial charge >= 0.3 is 0 Å². The van der Waals surface area contributed by atoms with Gasteiger partial charge in [0.15, 0.2) is 0 Å². The summed E-state index contributed by atoms with van der Waals surface area (Å²) in [4.78, 5) is -0.0358. The van der Waals surface area contributed by atoms with Crippen LogP contribution in [0.25, 0.3) is 0 Å². The normalized spacial score (nSPS) is 12.3. The van der Waals surface area contributed by atoms with Crippen molar-refractivity contribution in [1.82, 2.24) is 4.31 Å². The highest BCUT2D eigenvalue weighted by atomic mass is 35.5. The third kappa shape index (κ3) is 3.14. The van der Waals surface area contributed by atoms with E-state index in [9.17, 15) is 8.42 Å². The van der Waals surface area contributed by atoms with Gasteiger partial charge in [0.25, 0.3) is 0 Å². The van der Waals surface area contributed by atoms with E-state index in [2.05, 4.69) is 0 Å². The number of hydrogen-bond donors (Lipinski definition) is 2. The van der Waals surface area contributed by atoms with Crippen LogP contribution in [0.2, 0.25) is 5.02 Å². The van der Waals surface area contributed by atoms with Crippen LogP contribution in [0.4, 0.5) is 5.69 Å². The number of sulfonamides is 1. The van der Waals surface area contributed by atoms with E-state index in [1.165, 1.54) is 22.5 Å². The highest BCUT2D eigenvalue weighted by Crippen LogP contribution is 2.27. The first-order chi connectivity index (χ1) is 8.30. The average molecular weight is 293 g/mol. The molecule has 0 bridgehead atoms. The second-order valence-electron chi connectivity index (χ2n) is 4.12. The number of hydrogen-bond acceptors (Lipinski definition) is 4. The van der Waals surface area contributed by atoms with Crippen LogP contribution in [0.5, 0.6) is 0 Å². The fourth-order valence-corrected chi connectivity index (χ4v) is 3.74. The molecular weight excluding hydrogens is 276 g/mol. The number of nitrogens with zero attached hydrogens (tertiary/aromatic N) is 1. The highest BCUT2D eigenvalue weighted by Gasteiger charge is 2.28. The van der Waals surface area contributed by atoms with E-state index in [0.717, 1.165) is 0 Å². The van der Waals surface area contributed by atoms with Gasteiger partial charge in [-0.2, -0.15) is 4.31 Å². The third-order valence-corrected chi connectivity index (χ3v) is 5.00. The summed E-state index contributed by atoms with van der Waals surface area (Å²) in [6.45, 7) is 3.23. The minimum atomic E-state index is -3.75. The van der Waals surface area contributed by atoms with Crippen molar-refractivity contribution in [3.8, 4) is 0 Å². The predicted molar refractivity (Wildman–Crippen MR) is 72.0 cm³/mol. The monoisotopic (exact) mass is 292 g/mol. The van der Waals surface area contributed by atoms with Crippen molar-refractivity contribution in [1.29, 1.82) is 0 Å². The number of benzene rings is 1. The minimum absolute atomic E-state index is 0.0190. The Morgan fingerprint density at radius 2 is 2.06 bits per heavy atom. The molecule has 0 amide bonds. The van der Waals surface area contributed by atoms with Crippen molar-refractivity contribution in [3.05, 3.63) is 23.2 Å². The summed E-state index contributed by atoms with van der Waals surface area (Å²) in [7, 11) is -3.75. The van der Waals surface area contributed by atoms with Crippen molar-refractivity contribution >= 4 is 27.3 Å². The molecule has 1 aromatic rings. The number of aliphatic hydroxyl groups is 1. The molecule has 0 saturated carbocycles. The van der Waals surface area contributed by atoms with Crippen LogP contribution in [0.1, 0.15) is 13.8 Å². The first kappa shape index (κ1) is 15.2. The van der Waals surface area contributed by atoms with Crippen LogP contribution in [0.15, 0.2) is 23.1 Å². The van der Waals surface area contributed by atoms with Gasteiger partial charge in [-0.05, 0) is 32.0 Å². The molecule has 0 fully saturated rings. The second-order valence-corrected chi connectivity index (χ2v) is 6.39. The molecule has 0 aromatic heterocycles. The smallest absolute Gasteiger partial charge is 0.244 e. The van der Waals surface area contributed by atoms with E-state index >= 15 is 0 Å². The highest BCUT2D eigenvalue weighted by molar-refractivity contribution is 7.89. The van der Waals surface area contributed by atoms with Crippen molar-refractivity contribution in [3.63, 3.8) is 0 Å². The number of nitrogen functional groups attached to an aromatic ring is 1. The molecule has 7 heteroatoms. The first-order valence-electron chi connectivity index (χ1n) is 5.48. The molecule has 0 heterocycles. The third-order valence-electron chi connectivity index (χ3n) is 2.44. The van der Waals surface area contributed by atoms with Crippen molar-refractivity contribution < 1.29 is 13.5 Å². The number of rotatable bonds is 5. The SMILES string of the molecule is CC(C)N(CCO)S(=O)(=O)c1cc(N)ccc1Cl.